The Morgan fingerprint density at radius 2 is 1.73 bits per heavy atom. The number of para-hydroxylation sites is 1. The van der Waals surface area contributed by atoms with Crippen molar-refractivity contribution in [2.45, 2.75) is 52.0 Å². The predicted molar refractivity (Wildman–Crippen MR) is 112 cm³/mol. The molecule has 0 saturated heterocycles. The van der Waals surface area contributed by atoms with Gasteiger partial charge in [0.05, 0.1) is 18.2 Å². The molecule has 0 aliphatic carbocycles. The lowest BCUT2D eigenvalue weighted by atomic mass is 10.1. The summed E-state index contributed by atoms with van der Waals surface area (Å²) in [5.41, 5.74) is 1.39. The van der Waals surface area contributed by atoms with Crippen LogP contribution in [0.15, 0.2) is 54.6 Å². The maximum Gasteiger partial charge on any atom is 0.408 e. The van der Waals surface area contributed by atoms with Crippen LogP contribution >= 0.6 is 0 Å². The minimum absolute atomic E-state index is 0.292. The fraction of sp³-hybridized carbons (Fsp3) is 0.364. The molecule has 8 nitrogen and oxygen atoms in total. The van der Waals surface area contributed by atoms with E-state index in [1.165, 1.54) is 4.68 Å². The van der Waals surface area contributed by atoms with E-state index in [-0.39, 0.29) is 0 Å². The maximum atomic E-state index is 13.3. The molecule has 1 N–H and O–H groups in total. The molecule has 158 valence electrons. The van der Waals surface area contributed by atoms with Crippen molar-refractivity contribution in [1.29, 1.82) is 0 Å². The van der Waals surface area contributed by atoms with Gasteiger partial charge in [0.25, 0.3) is 5.91 Å². The van der Waals surface area contributed by atoms with Gasteiger partial charge in [0.15, 0.2) is 0 Å². The van der Waals surface area contributed by atoms with Crippen molar-refractivity contribution < 1.29 is 19.1 Å². The van der Waals surface area contributed by atoms with Crippen LogP contribution in [0, 0.1) is 0 Å². The summed E-state index contributed by atoms with van der Waals surface area (Å²) >= 11 is 0. The minimum Gasteiger partial charge on any atom is -0.444 e. The molecular formula is C22H26N4O4. The number of nitrogens with zero attached hydrogens (tertiary/aromatic N) is 3. The number of fused-ring (bicyclic) bond motifs is 1. The van der Waals surface area contributed by atoms with Crippen molar-refractivity contribution >= 4 is 23.0 Å². The van der Waals surface area contributed by atoms with Gasteiger partial charge in [0.1, 0.15) is 17.2 Å². The second kappa shape index (κ2) is 9.04. The molecule has 1 heterocycles. The van der Waals surface area contributed by atoms with E-state index in [0.717, 1.165) is 5.56 Å². The molecule has 0 unspecified atom stereocenters. The Hall–Kier alpha value is -3.26. The molecule has 1 aromatic heterocycles. The average Bonchev–Trinajstić information content (AvgIpc) is 3.13. The van der Waals surface area contributed by atoms with Crippen LogP contribution in [0.2, 0.25) is 0 Å². The van der Waals surface area contributed by atoms with E-state index in [1.54, 1.807) is 45.9 Å². The van der Waals surface area contributed by atoms with Crippen molar-refractivity contribution in [2.24, 2.45) is 0 Å². The van der Waals surface area contributed by atoms with E-state index < -0.39 is 29.7 Å². The molecule has 1 amide bonds. The Labute approximate surface area is 175 Å². The number of aromatic nitrogens is 3. The number of carbonyl (C=O) groups is 2. The summed E-state index contributed by atoms with van der Waals surface area (Å²) in [5.74, 6) is -0.463. The lowest BCUT2D eigenvalue weighted by Gasteiger charge is -2.26. The smallest absolute Gasteiger partial charge is 0.408 e. The largest absolute Gasteiger partial charge is 0.444 e. The van der Waals surface area contributed by atoms with Gasteiger partial charge >= 0.3 is 6.09 Å². The van der Waals surface area contributed by atoms with E-state index in [9.17, 15) is 9.59 Å². The molecule has 8 heteroatoms. The minimum atomic E-state index is -1.02. The normalized spacial score (nSPS) is 13.6. The number of alkyl carbamates (subject to hydrolysis) is 1. The van der Waals surface area contributed by atoms with Crippen molar-refractivity contribution in [1.82, 2.24) is 20.3 Å². The van der Waals surface area contributed by atoms with E-state index in [0.29, 0.717) is 17.6 Å². The molecule has 0 radical (unpaired) electrons. The van der Waals surface area contributed by atoms with Gasteiger partial charge < -0.3 is 14.8 Å². The maximum absolute atomic E-state index is 13.3. The Kier molecular flexibility index (Phi) is 6.47. The van der Waals surface area contributed by atoms with Crippen LogP contribution < -0.4 is 5.32 Å². The summed E-state index contributed by atoms with van der Waals surface area (Å²) in [5, 5.41) is 10.6. The number of benzene rings is 2. The zero-order valence-corrected chi connectivity index (χ0v) is 17.5. The number of amides is 1. The van der Waals surface area contributed by atoms with E-state index in [1.807, 2.05) is 36.4 Å². The first-order valence-corrected chi connectivity index (χ1v) is 9.74. The van der Waals surface area contributed by atoms with Gasteiger partial charge in [-0.05, 0) is 45.4 Å². The zero-order chi connectivity index (χ0) is 21.7. The summed E-state index contributed by atoms with van der Waals surface area (Å²) < 4.78 is 12.4. The van der Waals surface area contributed by atoms with Crippen LogP contribution in [-0.2, 0) is 16.1 Å². The number of hydrogen-bond donors (Lipinski definition) is 1. The van der Waals surface area contributed by atoms with Crippen LogP contribution in [0.4, 0.5) is 4.79 Å². The van der Waals surface area contributed by atoms with Crippen molar-refractivity contribution in [2.75, 3.05) is 0 Å². The molecule has 0 saturated carbocycles. The van der Waals surface area contributed by atoms with Crippen molar-refractivity contribution in [3.8, 4) is 0 Å². The lowest BCUT2D eigenvalue weighted by Crippen LogP contribution is -2.51. The summed E-state index contributed by atoms with van der Waals surface area (Å²) in [4.78, 5) is 25.7. The van der Waals surface area contributed by atoms with E-state index in [4.69, 9.17) is 9.47 Å². The molecule has 0 aliphatic rings. The van der Waals surface area contributed by atoms with Crippen LogP contribution in [-0.4, -0.2) is 44.7 Å². The van der Waals surface area contributed by atoms with E-state index >= 15 is 0 Å². The Morgan fingerprint density at radius 3 is 2.43 bits per heavy atom. The Bertz CT molecular complexity index is 1010. The summed E-state index contributed by atoms with van der Waals surface area (Å²) in [7, 11) is 0. The topological polar surface area (TPSA) is 95.3 Å². The van der Waals surface area contributed by atoms with Crippen LogP contribution in [0.25, 0.3) is 11.0 Å². The van der Waals surface area contributed by atoms with Gasteiger partial charge in [-0.25, -0.2) is 4.79 Å². The second-order valence-corrected chi connectivity index (χ2v) is 7.95. The highest BCUT2D eigenvalue weighted by Gasteiger charge is 2.32. The quantitative estimate of drug-likeness (QED) is 0.667. The highest BCUT2D eigenvalue weighted by atomic mass is 16.6. The fourth-order valence-electron chi connectivity index (χ4n) is 2.88. The van der Waals surface area contributed by atoms with Gasteiger partial charge in [-0.15, -0.1) is 5.10 Å². The Balaban J connectivity index is 1.82. The third-order valence-corrected chi connectivity index (χ3v) is 4.32. The third-order valence-electron chi connectivity index (χ3n) is 4.32. The second-order valence-electron chi connectivity index (χ2n) is 7.95. The summed E-state index contributed by atoms with van der Waals surface area (Å²) in [6, 6.07) is 15.7. The molecular weight excluding hydrogens is 384 g/mol. The van der Waals surface area contributed by atoms with Crippen molar-refractivity contribution in [3.05, 3.63) is 60.2 Å². The predicted octanol–water partition coefficient (Wildman–Crippen LogP) is 3.57. The summed E-state index contributed by atoms with van der Waals surface area (Å²) in [6.45, 7) is 7.28. The van der Waals surface area contributed by atoms with Gasteiger partial charge in [0, 0.05) is 0 Å². The molecule has 3 rings (SSSR count). The first-order valence-electron chi connectivity index (χ1n) is 9.74. The van der Waals surface area contributed by atoms with Crippen LogP contribution in [0.1, 0.15) is 38.1 Å². The zero-order valence-electron chi connectivity index (χ0n) is 17.5. The fourth-order valence-corrected chi connectivity index (χ4v) is 2.88. The number of carbonyl (C=O) groups excluding carboxylic acids is 2. The molecule has 0 fully saturated rings. The van der Waals surface area contributed by atoms with Gasteiger partial charge in [-0.3, -0.25) is 4.79 Å². The molecule has 2 atom stereocenters. The SMILES string of the molecule is C[C@@H](OCc1ccccc1)[C@H](NC(=O)OC(C)(C)C)C(=O)n1nnc2ccccc21. The van der Waals surface area contributed by atoms with Crippen LogP contribution in [0.5, 0.6) is 0 Å². The molecule has 3 aromatic rings. The lowest BCUT2D eigenvalue weighted by molar-refractivity contribution is 0.0126. The van der Waals surface area contributed by atoms with Crippen molar-refractivity contribution in [3.63, 3.8) is 0 Å². The van der Waals surface area contributed by atoms with Gasteiger partial charge in [-0.1, -0.05) is 47.7 Å². The van der Waals surface area contributed by atoms with Gasteiger partial charge in [-0.2, -0.15) is 4.68 Å². The first-order chi connectivity index (χ1) is 14.2. The number of ether oxygens (including phenoxy) is 2. The molecule has 30 heavy (non-hydrogen) atoms. The number of nitrogens with one attached hydrogen (secondary N) is 1. The monoisotopic (exact) mass is 410 g/mol. The molecule has 0 spiro atoms. The summed E-state index contributed by atoms with van der Waals surface area (Å²) in [6.07, 6.45) is -1.35. The third kappa shape index (κ3) is 5.42. The molecule has 2 aromatic carbocycles. The number of rotatable bonds is 6. The highest BCUT2D eigenvalue weighted by Crippen LogP contribution is 2.14. The van der Waals surface area contributed by atoms with E-state index in [2.05, 4.69) is 15.6 Å². The molecule has 0 aliphatic heterocycles. The highest BCUT2D eigenvalue weighted by molar-refractivity contribution is 5.93. The first kappa shape index (κ1) is 21.4. The molecule has 0 bridgehead atoms. The Morgan fingerprint density at radius 1 is 1.07 bits per heavy atom. The van der Waals surface area contributed by atoms with Gasteiger partial charge in [0.2, 0.25) is 0 Å². The standard InChI is InChI=1S/C22H26N4O4/c1-15(29-14-16-10-6-5-7-11-16)19(23-21(28)30-22(2,3)4)20(27)26-18-13-9-8-12-17(18)24-25-26/h5-13,15,19H,14H2,1-4H3,(H,23,28)/t15-,19+/m1/s1. The average molecular weight is 410 g/mol. The number of hydrogen-bond acceptors (Lipinski definition) is 6. The van der Waals surface area contributed by atoms with Crippen LogP contribution in [0.3, 0.4) is 0 Å².